The molecule has 0 aliphatic rings. The molecule has 6 rings (SSSR count). The summed E-state index contributed by atoms with van der Waals surface area (Å²) in [6, 6.07) is 36.3. The number of aldehydes is 2. The Balaban J connectivity index is 1.44. The molecule has 4 heteroatoms. The molecule has 0 amide bonds. The fourth-order valence-corrected chi connectivity index (χ4v) is 5.69. The van der Waals surface area contributed by atoms with Gasteiger partial charge in [0.1, 0.15) is 24.1 Å². The van der Waals surface area contributed by atoms with E-state index in [4.69, 9.17) is 9.47 Å². The topological polar surface area (TPSA) is 52.6 Å². The lowest BCUT2D eigenvalue weighted by molar-refractivity contribution is 0.111. The van der Waals surface area contributed by atoms with Crippen molar-refractivity contribution < 1.29 is 19.1 Å². The Morgan fingerprint density at radius 1 is 0.435 bits per heavy atom. The van der Waals surface area contributed by atoms with Crippen molar-refractivity contribution in [2.24, 2.45) is 0 Å². The third kappa shape index (κ3) is 6.52. The van der Waals surface area contributed by atoms with Crippen LogP contribution in [-0.4, -0.2) is 25.8 Å². The molecule has 0 N–H and O–H groups in total. The van der Waals surface area contributed by atoms with Gasteiger partial charge in [-0.2, -0.15) is 0 Å². The van der Waals surface area contributed by atoms with Gasteiger partial charge in [0.25, 0.3) is 0 Å². The van der Waals surface area contributed by atoms with Gasteiger partial charge in [-0.25, -0.2) is 0 Å². The third-order valence-electron chi connectivity index (χ3n) is 7.94. The molecular formula is C42H34O4. The van der Waals surface area contributed by atoms with E-state index < -0.39 is 0 Å². The van der Waals surface area contributed by atoms with E-state index in [1.807, 2.05) is 74.5 Å². The van der Waals surface area contributed by atoms with Gasteiger partial charge in [-0.3, -0.25) is 9.59 Å². The van der Waals surface area contributed by atoms with Crippen LogP contribution in [0.25, 0.3) is 57.0 Å². The van der Waals surface area contributed by atoms with Crippen molar-refractivity contribution >= 4 is 58.4 Å². The zero-order chi connectivity index (χ0) is 31.9. The molecular weight excluding hydrogens is 568 g/mol. The zero-order valence-corrected chi connectivity index (χ0v) is 25.9. The Hall–Kier alpha value is -5.74. The molecule has 0 unspecified atom stereocenters. The van der Waals surface area contributed by atoms with Crippen LogP contribution in [0.2, 0.25) is 0 Å². The largest absolute Gasteiger partial charge is 0.493 e. The van der Waals surface area contributed by atoms with E-state index in [2.05, 4.69) is 72.8 Å². The highest BCUT2D eigenvalue weighted by atomic mass is 16.5. The summed E-state index contributed by atoms with van der Waals surface area (Å²) in [5, 5.41) is 4.34. The lowest BCUT2D eigenvalue weighted by Crippen LogP contribution is -1.99. The van der Waals surface area contributed by atoms with Crippen LogP contribution in [0.5, 0.6) is 11.5 Å². The van der Waals surface area contributed by atoms with Crippen molar-refractivity contribution in [3.05, 3.63) is 143 Å². The summed E-state index contributed by atoms with van der Waals surface area (Å²) < 4.78 is 12.5. The van der Waals surface area contributed by atoms with E-state index in [0.717, 1.165) is 79.0 Å². The smallest absolute Gasteiger partial charge is 0.150 e. The maximum Gasteiger partial charge on any atom is 0.150 e. The molecule has 6 aromatic carbocycles. The van der Waals surface area contributed by atoms with Crippen molar-refractivity contribution in [3.63, 3.8) is 0 Å². The highest BCUT2D eigenvalue weighted by molar-refractivity contribution is 6.10. The Labute approximate surface area is 269 Å². The van der Waals surface area contributed by atoms with Crippen LogP contribution in [0.1, 0.15) is 56.8 Å². The second-order valence-electron chi connectivity index (χ2n) is 10.9. The molecule has 226 valence electrons. The maximum absolute atomic E-state index is 11.0. The van der Waals surface area contributed by atoms with Crippen LogP contribution in [-0.2, 0) is 0 Å². The first-order valence-electron chi connectivity index (χ1n) is 15.5. The standard InChI is InChI=1S/C42H34O4/c1-3-45-39-23-19-35-25-31(11-5-29-7-13-33(27-43)14-8-29)17-21-37(35)41(39)42-38-22-18-32(26-36(38)20-24-40(42)46-4-2)12-6-30-9-15-34(28-44)16-10-30/h5-28H,3-4H2,1-2H3/b11-5+,12-6+. The molecule has 0 bridgehead atoms. The molecule has 0 fully saturated rings. The number of rotatable bonds is 11. The van der Waals surface area contributed by atoms with E-state index >= 15 is 0 Å². The van der Waals surface area contributed by atoms with Crippen molar-refractivity contribution in [2.75, 3.05) is 13.2 Å². The fourth-order valence-electron chi connectivity index (χ4n) is 5.69. The third-order valence-corrected chi connectivity index (χ3v) is 7.94. The predicted molar refractivity (Wildman–Crippen MR) is 191 cm³/mol. The van der Waals surface area contributed by atoms with Gasteiger partial charge < -0.3 is 9.47 Å². The Bertz CT molecular complexity index is 1930. The van der Waals surface area contributed by atoms with Crippen molar-refractivity contribution in [2.45, 2.75) is 13.8 Å². The van der Waals surface area contributed by atoms with Crippen LogP contribution in [0, 0.1) is 0 Å². The Kier molecular flexibility index (Phi) is 9.17. The van der Waals surface area contributed by atoms with Crippen LogP contribution in [0.3, 0.4) is 0 Å². The Morgan fingerprint density at radius 2 is 0.783 bits per heavy atom. The molecule has 0 saturated carbocycles. The molecule has 0 aliphatic heterocycles. The molecule has 4 nitrogen and oxygen atoms in total. The second kappa shape index (κ2) is 13.9. The minimum absolute atomic E-state index is 0.541. The van der Waals surface area contributed by atoms with E-state index in [9.17, 15) is 9.59 Å². The summed E-state index contributed by atoms with van der Waals surface area (Å²) in [5.41, 5.74) is 7.54. The summed E-state index contributed by atoms with van der Waals surface area (Å²) in [5.74, 6) is 1.62. The van der Waals surface area contributed by atoms with Gasteiger partial charge in [-0.1, -0.05) is 109 Å². The van der Waals surface area contributed by atoms with Gasteiger partial charge in [-0.15, -0.1) is 0 Å². The minimum Gasteiger partial charge on any atom is -0.493 e. The average Bonchev–Trinajstić information content (AvgIpc) is 3.10. The first kappa shape index (κ1) is 30.3. The first-order chi connectivity index (χ1) is 22.6. The lowest BCUT2D eigenvalue weighted by Gasteiger charge is -2.19. The van der Waals surface area contributed by atoms with E-state index in [-0.39, 0.29) is 0 Å². The zero-order valence-electron chi connectivity index (χ0n) is 25.9. The van der Waals surface area contributed by atoms with Crippen molar-refractivity contribution in [1.82, 2.24) is 0 Å². The fraction of sp³-hybridized carbons (Fsp3) is 0.0952. The average molecular weight is 603 g/mol. The highest BCUT2D eigenvalue weighted by Crippen LogP contribution is 2.46. The van der Waals surface area contributed by atoms with E-state index in [0.29, 0.717) is 24.3 Å². The number of hydrogen-bond acceptors (Lipinski definition) is 4. The normalized spacial score (nSPS) is 11.4. The molecule has 0 aromatic heterocycles. The molecule has 0 spiro atoms. The van der Waals surface area contributed by atoms with Crippen LogP contribution in [0.15, 0.2) is 109 Å². The number of ether oxygens (including phenoxy) is 2. The highest BCUT2D eigenvalue weighted by Gasteiger charge is 2.19. The monoisotopic (exact) mass is 602 g/mol. The summed E-state index contributed by atoms with van der Waals surface area (Å²) in [7, 11) is 0. The predicted octanol–water partition coefficient (Wildman–Crippen LogP) is 10.4. The van der Waals surface area contributed by atoms with Crippen molar-refractivity contribution in [3.8, 4) is 22.6 Å². The van der Waals surface area contributed by atoms with Crippen molar-refractivity contribution in [1.29, 1.82) is 0 Å². The molecule has 0 aliphatic carbocycles. The summed E-state index contributed by atoms with van der Waals surface area (Å²) in [6.07, 6.45) is 9.98. The number of hydrogen-bond donors (Lipinski definition) is 0. The summed E-state index contributed by atoms with van der Waals surface area (Å²) >= 11 is 0. The van der Waals surface area contributed by atoms with Gasteiger partial charge in [0.05, 0.1) is 13.2 Å². The van der Waals surface area contributed by atoms with Gasteiger partial charge in [0.15, 0.2) is 0 Å². The van der Waals surface area contributed by atoms with E-state index in [1.54, 1.807) is 0 Å². The molecule has 0 radical (unpaired) electrons. The quantitative estimate of drug-likeness (QED) is 0.109. The van der Waals surface area contributed by atoms with Gasteiger partial charge in [0.2, 0.25) is 0 Å². The second-order valence-corrected chi connectivity index (χ2v) is 10.9. The molecule has 0 saturated heterocycles. The minimum atomic E-state index is 0.541. The van der Waals surface area contributed by atoms with Gasteiger partial charge >= 0.3 is 0 Å². The maximum atomic E-state index is 11.0. The SMILES string of the molecule is CCOc1ccc2cc(/C=C/c3ccc(C=O)cc3)ccc2c1-c1c(OCC)ccc2cc(/C=C/c3ccc(C=O)cc3)ccc12. The number of fused-ring (bicyclic) bond motifs is 2. The van der Waals surface area contributed by atoms with Gasteiger partial charge in [-0.05, 0) is 81.9 Å². The van der Waals surface area contributed by atoms with Crippen LogP contribution in [0.4, 0.5) is 0 Å². The summed E-state index contributed by atoms with van der Waals surface area (Å²) in [4.78, 5) is 22.0. The van der Waals surface area contributed by atoms with E-state index in [1.165, 1.54) is 0 Å². The lowest BCUT2D eigenvalue weighted by atomic mass is 9.91. The number of carbonyl (C=O) groups is 2. The molecule has 0 atom stereocenters. The van der Waals surface area contributed by atoms with Gasteiger partial charge in [0, 0.05) is 22.3 Å². The number of carbonyl (C=O) groups excluding carboxylic acids is 2. The molecule has 46 heavy (non-hydrogen) atoms. The number of benzene rings is 6. The summed E-state index contributed by atoms with van der Waals surface area (Å²) in [6.45, 7) is 5.09. The van der Waals surface area contributed by atoms with Crippen LogP contribution >= 0.6 is 0 Å². The first-order valence-corrected chi connectivity index (χ1v) is 15.5. The molecule has 6 aromatic rings. The van der Waals surface area contributed by atoms with Crippen LogP contribution < -0.4 is 9.47 Å². The Morgan fingerprint density at radius 3 is 1.15 bits per heavy atom. The molecule has 0 heterocycles.